The lowest BCUT2D eigenvalue weighted by molar-refractivity contribution is 0.497. The molecule has 3 rings (SSSR count). The Morgan fingerprint density at radius 3 is 2.15 bits per heavy atom. The molecule has 20 heavy (non-hydrogen) atoms. The summed E-state index contributed by atoms with van der Waals surface area (Å²) in [5.41, 5.74) is 2.32. The van der Waals surface area contributed by atoms with Crippen LogP contribution in [0.15, 0.2) is 49.6 Å². The molecule has 102 valence electrons. The van der Waals surface area contributed by atoms with Gasteiger partial charge >= 0.3 is 0 Å². The molecule has 0 aliphatic heterocycles. The van der Waals surface area contributed by atoms with Gasteiger partial charge in [0, 0.05) is 5.69 Å². The highest BCUT2D eigenvalue weighted by Gasteiger charge is 2.09. The van der Waals surface area contributed by atoms with Gasteiger partial charge in [-0.15, -0.1) is 0 Å². The number of aromatic nitrogens is 6. The third-order valence-electron chi connectivity index (χ3n) is 2.93. The van der Waals surface area contributed by atoms with Gasteiger partial charge in [0.05, 0.1) is 0 Å². The van der Waals surface area contributed by atoms with Crippen LogP contribution in [-0.4, -0.2) is 29.5 Å². The van der Waals surface area contributed by atoms with Gasteiger partial charge in [0.15, 0.2) is 0 Å². The molecule has 0 saturated carbocycles. The summed E-state index contributed by atoms with van der Waals surface area (Å²) >= 11 is 0. The second-order valence-electron chi connectivity index (χ2n) is 4.53. The predicted molar refractivity (Wildman–Crippen MR) is 73.7 cm³/mol. The van der Waals surface area contributed by atoms with Crippen LogP contribution in [0.3, 0.4) is 0 Å². The topological polar surface area (TPSA) is 64.7 Å². The molecule has 0 N–H and O–H groups in total. The van der Waals surface area contributed by atoms with E-state index >= 15 is 0 Å². The summed E-state index contributed by atoms with van der Waals surface area (Å²) in [5.74, 6) is 0. The minimum absolute atomic E-state index is 0.601. The van der Waals surface area contributed by atoms with Gasteiger partial charge in [-0.1, -0.05) is 12.1 Å². The number of aryl methyl sites for hydroxylation is 1. The molecule has 0 unspecified atom stereocenters. The lowest BCUT2D eigenvalue weighted by atomic mass is 10.2. The lowest BCUT2D eigenvalue weighted by Crippen LogP contribution is -2.29. The van der Waals surface area contributed by atoms with E-state index in [2.05, 4.69) is 50.2 Å². The van der Waals surface area contributed by atoms with Crippen LogP contribution < -0.4 is 4.90 Å². The van der Waals surface area contributed by atoms with E-state index in [9.17, 15) is 0 Å². The Labute approximate surface area is 116 Å². The molecule has 0 saturated heterocycles. The zero-order valence-electron chi connectivity index (χ0n) is 11.2. The molecule has 0 fully saturated rings. The number of anilines is 1. The number of hydrogen-bond acceptors (Lipinski definition) is 5. The Kier molecular flexibility index (Phi) is 3.40. The number of benzene rings is 1. The smallest absolute Gasteiger partial charge is 0.137 e. The molecule has 7 nitrogen and oxygen atoms in total. The van der Waals surface area contributed by atoms with Crippen LogP contribution in [0.1, 0.15) is 5.56 Å². The van der Waals surface area contributed by atoms with Crippen molar-refractivity contribution in [1.29, 1.82) is 0 Å². The standard InChI is InChI=1S/C13H15N7/c1-12-3-2-4-13(5-12)18(10-19-8-14-6-16-19)11-20-9-15-7-17-20/h2-9H,10-11H2,1H3. The first kappa shape index (κ1) is 12.3. The predicted octanol–water partition coefficient (Wildman–Crippen LogP) is 1.30. The van der Waals surface area contributed by atoms with Crippen molar-refractivity contribution in [3.63, 3.8) is 0 Å². The van der Waals surface area contributed by atoms with Gasteiger partial charge in [0.2, 0.25) is 0 Å². The summed E-state index contributed by atoms with van der Waals surface area (Å²) in [5, 5.41) is 8.30. The molecule has 0 radical (unpaired) electrons. The summed E-state index contributed by atoms with van der Waals surface area (Å²) in [7, 11) is 0. The van der Waals surface area contributed by atoms with E-state index in [-0.39, 0.29) is 0 Å². The maximum atomic E-state index is 4.15. The Morgan fingerprint density at radius 1 is 1.00 bits per heavy atom. The van der Waals surface area contributed by atoms with E-state index in [0.717, 1.165) is 5.69 Å². The molecule has 7 heteroatoms. The Balaban J connectivity index is 1.86. The zero-order chi connectivity index (χ0) is 13.8. The van der Waals surface area contributed by atoms with Gasteiger partial charge in [0.25, 0.3) is 0 Å². The molecule has 0 bridgehead atoms. The van der Waals surface area contributed by atoms with E-state index < -0.39 is 0 Å². The zero-order valence-corrected chi connectivity index (χ0v) is 11.2. The molecule has 0 aliphatic rings. The highest BCUT2D eigenvalue weighted by atomic mass is 15.5. The first-order chi connectivity index (χ1) is 9.81. The quantitative estimate of drug-likeness (QED) is 0.698. The lowest BCUT2D eigenvalue weighted by Gasteiger charge is -2.24. The Morgan fingerprint density at radius 2 is 1.65 bits per heavy atom. The summed E-state index contributed by atoms with van der Waals surface area (Å²) in [6, 6.07) is 8.32. The average molecular weight is 269 g/mol. The summed E-state index contributed by atoms with van der Waals surface area (Å²) < 4.78 is 3.55. The third-order valence-corrected chi connectivity index (χ3v) is 2.93. The van der Waals surface area contributed by atoms with Gasteiger partial charge in [-0.3, -0.25) is 0 Å². The second kappa shape index (κ2) is 5.52. The molecule has 3 aromatic rings. The number of nitrogens with zero attached hydrogens (tertiary/aromatic N) is 7. The van der Waals surface area contributed by atoms with Crippen molar-refractivity contribution in [2.24, 2.45) is 0 Å². The molecule has 2 aromatic heterocycles. The fourth-order valence-electron chi connectivity index (χ4n) is 1.99. The van der Waals surface area contributed by atoms with Crippen molar-refractivity contribution in [2.75, 3.05) is 4.90 Å². The van der Waals surface area contributed by atoms with Gasteiger partial charge in [-0.05, 0) is 24.6 Å². The fraction of sp³-hybridized carbons (Fsp3) is 0.231. The normalized spacial score (nSPS) is 10.7. The van der Waals surface area contributed by atoms with Crippen molar-refractivity contribution >= 4 is 5.69 Å². The molecule has 1 aromatic carbocycles. The van der Waals surface area contributed by atoms with Crippen molar-refractivity contribution in [3.05, 3.63) is 55.1 Å². The number of rotatable bonds is 5. The van der Waals surface area contributed by atoms with Crippen LogP contribution >= 0.6 is 0 Å². The van der Waals surface area contributed by atoms with Gasteiger partial charge in [-0.2, -0.15) is 10.2 Å². The van der Waals surface area contributed by atoms with E-state index in [4.69, 9.17) is 0 Å². The third kappa shape index (κ3) is 2.82. The second-order valence-corrected chi connectivity index (χ2v) is 4.53. The molecule has 0 aliphatic carbocycles. The van der Waals surface area contributed by atoms with E-state index in [1.165, 1.54) is 18.2 Å². The molecule has 2 heterocycles. The van der Waals surface area contributed by atoms with Crippen LogP contribution in [0.4, 0.5) is 5.69 Å². The first-order valence-corrected chi connectivity index (χ1v) is 6.28. The summed E-state index contributed by atoms with van der Waals surface area (Å²) in [6.07, 6.45) is 6.46. The van der Waals surface area contributed by atoms with Gasteiger partial charge < -0.3 is 4.90 Å². The van der Waals surface area contributed by atoms with E-state index in [1.54, 1.807) is 22.0 Å². The maximum Gasteiger partial charge on any atom is 0.137 e. The van der Waals surface area contributed by atoms with Crippen molar-refractivity contribution in [1.82, 2.24) is 29.5 Å². The van der Waals surface area contributed by atoms with E-state index in [1.807, 2.05) is 6.07 Å². The van der Waals surface area contributed by atoms with Crippen LogP contribution in [0, 0.1) is 6.92 Å². The minimum Gasteiger partial charge on any atom is -0.332 e. The van der Waals surface area contributed by atoms with Crippen molar-refractivity contribution in [3.8, 4) is 0 Å². The van der Waals surface area contributed by atoms with Crippen LogP contribution in [-0.2, 0) is 13.3 Å². The molecule has 0 spiro atoms. The highest BCUT2D eigenvalue weighted by molar-refractivity contribution is 5.47. The summed E-state index contributed by atoms with van der Waals surface area (Å²) in [6.45, 7) is 3.28. The van der Waals surface area contributed by atoms with Gasteiger partial charge in [-0.25, -0.2) is 19.3 Å². The van der Waals surface area contributed by atoms with Crippen LogP contribution in [0.2, 0.25) is 0 Å². The molecule has 0 atom stereocenters. The first-order valence-electron chi connectivity index (χ1n) is 6.28. The Hall–Kier alpha value is -2.70. The highest BCUT2D eigenvalue weighted by Crippen LogP contribution is 2.17. The van der Waals surface area contributed by atoms with Crippen molar-refractivity contribution < 1.29 is 0 Å². The molecule has 0 amide bonds. The maximum absolute atomic E-state index is 4.15. The van der Waals surface area contributed by atoms with Crippen molar-refractivity contribution in [2.45, 2.75) is 20.3 Å². The number of hydrogen-bond donors (Lipinski definition) is 0. The Bertz CT molecular complexity index is 609. The van der Waals surface area contributed by atoms with Crippen LogP contribution in [0.25, 0.3) is 0 Å². The monoisotopic (exact) mass is 269 g/mol. The van der Waals surface area contributed by atoms with Crippen LogP contribution in [0.5, 0.6) is 0 Å². The minimum atomic E-state index is 0.601. The SMILES string of the molecule is Cc1cccc(N(Cn2cncn2)Cn2cncn2)c1. The van der Waals surface area contributed by atoms with Gasteiger partial charge in [0.1, 0.15) is 38.6 Å². The summed E-state index contributed by atoms with van der Waals surface area (Å²) in [4.78, 5) is 10.1. The largest absolute Gasteiger partial charge is 0.332 e. The average Bonchev–Trinajstić information content (AvgIpc) is 3.11. The molecular weight excluding hydrogens is 254 g/mol. The fourth-order valence-corrected chi connectivity index (χ4v) is 1.99. The molecular formula is C13H15N7. The van der Waals surface area contributed by atoms with E-state index in [0.29, 0.717) is 13.3 Å².